The van der Waals surface area contributed by atoms with Crippen LogP contribution in [0.25, 0.3) is 0 Å². The Balaban J connectivity index is 1.80. The number of halogens is 3. The number of alkyl halides is 3. The molecule has 0 saturated carbocycles. The molecule has 2 aliphatic rings. The van der Waals surface area contributed by atoms with Gasteiger partial charge < -0.3 is 20.4 Å². The molecular formula is C19H25F3N4O2. The molecule has 2 heterocycles. The maximum absolute atomic E-state index is 13.2. The number of likely N-dealkylation sites (tertiary alicyclic amines) is 1. The van der Waals surface area contributed by atoms with Crippen molar-refractivity contribution in [3.8, 4) is 0 Å². The number of amides is 2. The van der Waals surface area contributed by atoms with Gasteiger partial charge in [0.25, 0.3) is 0 Å². The lowest BCUT2D eigenvalue weighted by molar-refractivity contribution is -0.137. The molecule has 28 heavy (non-hydrogen) atoms. The fourth-order valence-electron chi connectivity index (χ4n) is 3.71. The van der Waals surface area contributed by atoms with Gasteiger partial charge in [0.1, 0.15) is 0 Å². The SMILES string of the molecule is CC1CCCCN1C(=O)CNc1cc(C(F)(F)F)ccc1N1CCNC(=O)C1. The number of piperidine rings is 1. The maximum Gasteiger partial charge on any atom is 0.416 e. The van der Waals surface area contributed by atoms with E-state index < -0.39 is 11.7 Å². The molecule has 6 nitrogen and oxygen atoms in total. The molecule has 154 valence electrons. The molecule has 1 aromatic carbocycles. The summed E-state index contributed by atoms with van der Waals surface area (Å²) in [5.74, 6) is -0.317. The largest absolute Gasteiger partial charge is 0.416 e. The molecule has 2 fully saturated rings. The Kier molecular flexibility index (Phi) is 6.00. The molecule has 0 spiro atoms. The fourth-order valence-corrected chi connectivity index (χ4v) is 3.71. The quantitative estimate of drug-likeness (QED) is 0.818. The number of hydrogen-bond donors (Lipinski definition) is 2. The van der Waals surface area contributed by atoms with Gasteiger partial charge in [-0.2, -0.15) is 13.2 Å². The standard InChI is InChI=1S/C19H25F3N4O2/c1-13-4-2-3-8-26(13)18(28)11-24-15-10-14(19(20,21)22)5-6-16(15)25-9-7-23-17(27)12-25/h5-6,10,13,24H,2-4,7-9,11-12H2,1H3,(H,23,27). The molecular weight excluding hydrogens is 373 g/mol. The van der Waals surface area contributed by atoms with Crippen LogP contribution in [0.4, 0.5) is 24.5 Å². The molecule has 0 bridgehead atoms. The lowest BCUT2D eigenvalue weighted by atomic mass is 10.0. The fraction of sp³-hybridized carbons (Fsp3) is 0.579. The zero-order valence-electron chi connectivity index (χ0n) is 15.8. The number of rotatable bonds is 4. The van der Waals surface area contributed by atoms with E-state index in [1.807, 2.05) is 6.92 Å². The van der Waals surface area contributed by atoms with E-state index in [0.717, 1.165) is 31.4 Å². The third-order valence-corrected chi connectivity index (χ3v) is 5.26. The van der Waals surface area contributed by atoms with E-state index in [9.17, 15) is 22.8 Å². The van der Waals surface area contributed by atoms with Crippen LogP contribution in [0.1, 0.15) is 31.7 Å². The van der Waals surface area contributed by atoms with Crippen molar-refractivity contribution in [3.05, 3.63) is 23.8 Å². The predicted octanol–water partition coefficient (Wildman–Crippen LogP) is 2.45. The van der Waals surface area contributed by atoms with Crippen LogP contribution in [0.3, 0.4) is 0 Å². The van der Waals surface area contributed by atoms with Crippen LogP contribution in [0.15, 0.2) is 18.2 Å². The van der Waals surface area contributed by atoms with Crippen molar-refractivity contribution in [2.75, 3.05) is 42.9 Å². The molecule has 0 aliphatic carbocycles. The molecule has 2 N–H and O–H groups in total. The van der Waals surface area contributed by atoms with E-state index >= 15 is 0 Å². The molecule has 2 amide bonds. The predicted molar refractivity (Wildman–Crippen MR) is 100 cm³/mol. The van der Waals surface area contributed by atoms with Crippen LogP contribution in [-0.4, -0.2) is 55.5 Å². The highest BCUT2D eigenvalue weighted by Crippen LogP contribution is 2.35. The van der Waals surface area contributed by atoms with Crippen molar-refractivity contribution < 1.29 is 22.8 Å². The second-order valence-corrected chi connectivity index (χ2v) is 7.29. The highest BCUT2D eigenvalue weighted by atomic mass is 19.4. The van der Waals surface area contributed by atoms with Crippen molar-refractivity contribution >= 4 is 23.2 Å². The third-order valence-electron chi connectivity index (χ3n) is 5.26. The van der Waals surface area contributed by atoms with Gasteiger partial charge in [-0.3, -0.25) is 9.59 Å². The summed E-state index contributed by atoms with van der Waals surface area (Å²) >= 11 is 0. The highest BCUT2D eigenvalue weighted by molar-refractivity contribution is 5.86. The van der Waals surface area contributed by atoms with E-state index in [1.54, 1.807) is 9.80 Å². The van der Waals surface area contributed by atoms with Crippen LogP contribution < -0.4 is 15.5 Å². The normalized spacial score (nSPS) is 20.7. The molecule has 1 atom stereocenters. The molecule has 0 radical (unpaired) electrons. The second kappa shape index (κ2) is 8.28. The Bertz CT molecular complexity index is 738. The van der Waals surface area contributed by atoms with Gasteiger partial charge in [-0.25, -0.2) is 0 Å². The summed E-state index contributed by atoms with van der Waals surface area (Å²) in [7, 11) is 0. The molecule has 1 unspecified atom stereocenters. The van der Waals surface area contributed by atoms with Crippen LogP contribution in [-0.2, 0) is 15.8 Å². The van der Waals surface area contributed by atoms with Gasteiger partial charge in [-0.15, -0.1) is 0 Å². The average molecular weight is 398 g/mol. The van der Waals surface area contributed by atoms with Gasteiger partial charge in [-0.05, 0) is 44.4 Å². The number of piperazine rings is 1. The minimum Gasteiger partial charge on any atom is -0.374 e. The molecule has 0 aromatic heterocycles. The van der Waals surface area contributed by atoms with Crippen LogP contribution >= 0.6 is 0 Å². The van der Waals surface area contributed by atoms with Crippen LogP contribution in [0.2, 0.25) is 0 Å². The van der Waals surface area contributed by atoms with Gasteiger partial charge in [0.05, 0.1) is 30.0 Å². The zero-order chi connectivity index (χ0) is 20.3. The second-order valence-electron chi connectivity index (χ2n) is 7.29. The number of carbonyl (C=O) groups is 2. The first-order valence-corrected chi connectivity index (χ1v) is 9.52. The minimum atomic E-state index is -4.49. The summed E-state index contributed by atoms with van der Waals surface area (Å²) in [5, 5.41) is 5.58. The Morgan fingerprint density at radius 3 is 2.75 bits per heavy atom. The smallest absolute Gasteiger partial charge is 0.374 e. The molecule has 2 aliphatic heterocycles. The Labute approximate surface area is 162 Å². The summed E-state index contributed by atoms with van der Waals surface area (Å²) in [6, 6.07) is 3.50. The Morgan fingerprint density at radius 2 is 2.07 bits per heavy atom. The molecule has 9 heteroatoms. The van der Waals surface area contributed by atoms with Crippen molar-refractivity contribution in [2.45, 2.75) is 38.4 Å². The first-order chi connectivity index (χ1) is 13.3. The Hall–Kier alpha value is -2.45. The minimum absolute atomic E-state index is 0.0666. The van der Waals surface area contributed by atoms with Gasteiger partial charge in [0.15, 0.2) is 0 Å². The molecule has 2 saturated heterocycles. The van der Waals surface area contributed by atoms with Crippen molar-refractivity contribution in [1.29, 1.82) is 0 Å². The van der Waals surface area contributed by atoms with Gasteiger partial charge in [-0.1, -0.05) is 0 Å². The molecule has 3 rings (SSSR count). The summed E-state index contributed by atoms with van der Waals surface area (Å²) in [6.45, 7) is 3.55. The summed E-state index contributed by atoms with van der Waals surface area (Å²) in [6.07, 6.45) is -1.54. The van der Waals surface area contributed by atoms with Crippen molar-refractivity contribution in [1.82, 2.24) is 10.2 Å². The highest BCUT2D eigenvalue weighted by Gasteiger charge is 2.32. The van der Waals surface area contributed by atoms with E-state index in [2.05, 4.69) is 10.6 Å². The van der Waals surface area contributed by atoms with Crippen LogP contribution in [0.5, 0.6) is 0 Å². The van der Waals surface area contributed by atoms with Crippen LogP contribution in [0, 0.1) is 0 Å². The first-order valence-electron chi connectivity index (χ1n) is 9.52. The maximum atomic E-state index is 13.2. The van der Waals surface area contributed by atoms with Gasteiger partial charge >= 0.3 is 6.18 Å². The third kappa shape index (κ3) is 4.69. The summed E-state index contributed by atoms with van der Waals surface area (Å²) < 4.78 is 39.5. The number of nitrogens with one attached hydrogen (secondary N) is 2. The zero-order valence-corrected chi connectivity index (χ0v) is 15.8. The lowest BCUT2D eigenvalue weighted by Crippen LogP contribution is -2.48. The molecule has 1 aromatic rings. The van der Waals surface area contributed by atoms with E-state index in [0.29, 0.717) is 25.3 Å². The Morgan fingerprint density at radius 1 is 1.29 bits per heavy atom. The lowest BCUT2D eigenvalue weighted by Gasteiger charge is -2.34. The summed E-state index contributed by atoms with van der Waals surface area (Å²) in [4.78, 5) is 27.7. The van der Waals surface area contributed by atoms with Gasteiger partial charge in [0, 0.05) is 25.7 Å². The topological polar surface area (TPSA) is 64.7 Å². The monoisotopic (exact) mass is 398 g/mol. The van der Waals surface area contributed by atoms with E-state index in [-0.39, 0.29) is 36.6 Å². The first kappa shape index (κ1) is 20.3. The summed E-state index contributed by atoms with van der Waals surface area (Å²) in [5.41, 5.74) is -0.0936. The number of nitrogens with zero attached hydrogens (tertiary/aromatic N) is 2. The van der Waals surface area contributed by atoms with E-state index in [4.69, 9.17) is 0 Å². The van der Waals surface area contributed by atoms with Crippen molar-refractivity contribution in [3.63, 3.8) is 0 Å². The van der Waals surface area contributed by atoms with E-state index in [1.165, 1.54) is 6.07 Å². The average Bonchev–Trinajstić information content (AvgIpc) is 2.65. The number of anilines is 2. The van der Waals surface area contributed by atoms with Crippen molar-refractivity contribution in [2.24, 2.45) is 0 Å². The number of carbonyl (C=O) groups excluding carboxylic acids is 2. The number of hydrogen-bond acceptors (Lipinski definition) is 4. The van der Waals surface area contributed by atoms with Gasteiger partial charge in [0.2, 0.25) is 11.8 Å². The number of benzene rings is 1.